The zero-order valence-corrected chi connectivity index (χ0v) is 11.7. The highest BCUT2D eigenvalue weighted by Crippen LogP contribution is 2.24. The van der Waals surface area contributed by atoms with E-state index in [2.05, 4.69) is 10.1 Å². The average molecular weight is 294 g/mol. The molecule has 0 bridgehead atoms. The highest BCUT2D eigenvalue weighted by molar-refractivity contribution is 6.34. The van der Waals surface area contributed by atoms with Crippen LogP contribution in [-0.2, 0) is 4.74 Å². The first-order chi connectivity index (χ1) is 9.51. The smallest absolute Gasteiger partial charge is 0.337 e. The Morgan fingerprint density at radius 1 is 1.25 bits per heavy atom. The normalized spacial score (nSPS) is 10.2. The number of ether oxygens (including phenoxy) is 1. The van der Waals surface area contributed by atoms with E-state index in [1.807, 2.05) is 0 Å². The second kappa shape index (κ2) is 5.79. The van der Waals surface area contributed by atoms with Gasteiger partial charge in [-0.05, 0) is 37.3 Å². The second-order valence-corrected chi connectivity index (χ2v) is 4.46. The Bertz CT molecular complexity index is 663. The van der Waals surface area contributed by atoms with Crippen molar-refractivity contribution >= 4 is 29.2 Å². The first-order valence-corrected chi connectivity index (χ1v) is 6.14. The number of halogens is 1. The highest BCUT2D eigenvalue weighted by atomic mass is 35.5. The van der Waals surface area contributed by atoms with E-state index in [4.69, 9.17) is 16.0 Å². The molecule has 0 saturated carbocycles. The number of benzene rings is 1. The van der Waals surface area contributed by atoms with Crippen molar-refractivity contribution in [1.29, 1.82) is 0 Å². The van der Waals surface area contributed by atoms with Crippen molar-refractivity contribution in [2.45, 2.75) is 6.92 Å². The highest BCUT2D eigenvalue weighted by Gasteiger charge is 2.14. The molecule has 0 aliphatic carbocycles. The van der Waals surface area contributed by atoms with Crippen LogP contribution in [0.15, 0.2) is 34.7 Å². The lowest BCUT2D eigenvalue weighted by Crippen LogP contribution is -2.12. The Labute approximate surface area is 120 Å². The van der Waals surface area contributed by atoms with Crippen molar-refractivity contribution in [2.24, 2.45) is 0 Å². The minimum Gasteiger partial charge on any atom is -0.465 e. The Kier molecular flexibility index (Phi) is 4.10. The fourth-order valence-corrected chi connectivity index (χ4v) is 1.77. The monoisotopic (exact) mass is 293 g/mol. The zero-order chi connectivity index (χ0) is 14.7. The van der Waals surface area contributed by atoms with E-state index in [1.54, 1.807) is 19.1 Å². The number of nitrogens with one attached hydrogen (secondary N) is 1. The summed E-state index contributed by atoms with van der Waals surface area (Å²) in [5.74, 6) is -0.153. The summed E-state index contributed by atoms with van der Waals surface area (Å²) in [6.07, 6.45) is 0. The molecule has 1 aromatic carbocycles. The van der Waals surface area contributed by atoms with Gasteiger partial charge in [0, 0.05) is 0 Å². The molecule has 0 aliphatic rings. The molecule has 0 aliphatic heterocycles. The summed E-state index contributed by atoms with van der Waals surface area (Å²) in [6, 6.07) is 7.71. The van der Waals surface area contributed by atoms with Gasteiger partial charge in [0.15, 0.2) is 5.76 Å². The topological polar surface area (TPSA) is 68.5 Å². The van der Waals surface area contributed by atoms with Gasteiger partial charge in [0.25, 0.3) is 5.91 Å². The lowest BCUT2D eigenvalue weighted by atomic mass is 10.2. The Balaban J connectivity index is 2.24. The average Bonchev–Trinajstić information content (AvgIpc) is 2.87. The number of carbonyl (C=O) groups excluding carboxylic acids is 2. The maximum absolute atomic E-state index is 12.0. The first kappa shape index (κ1) is 14.1. The molecule has 2 aromatic rings. The van der Waals surface area contributed by atoms with E-state index < -0.39 is 11.9 Å². The van der Waals surface area contributed by atoms with E-state index in [9.17, 15) is 9.59 Å². The molecule has 0 saturated heterocycles. The van der Waals surface area contributed by atoms with Crippen molar-refractivity contribution in [3.05, 3.63) is 52.4 Å². The van der Waals surface area contributed by atoms with Gasteiger partial charge in [-0.1, -0.05) is 11.6 Å². The predicted molar refractivity (Wildman–Crippen MR) is 74.2 cm³/mol. The predicted octanol–water partition coefficient (Wildman–Crippen LogP) is 3.28. The van der Waals surface area contributed by atoms with Crippen LogP contribution in [0.3, 0.4) is 0 Å². The molecule has 20 heavy (non-hydrogen) atoms. The van der Waals surface area contributed by atoms with Gasteiger partial charge < -0.3 is 14.5 Å². The van der Waals surface area contributed by atoms with Crippen LogP contribution in [0.1, 0.15) is 26.7 Å². The van der Waals surface area contributed by atoms with Crippen molar-refractivity contribution < 1.29 is 18.7 Å². The molecule has 104 valence electrons. The number of anilines is 1. The van der Waals surface area contributed by atoms with Crippen LogP contribution in [0.2, 0.25) is 5.02 Å². The third-order valence-corrected chi connectivity index (χ3v) is 2.93. The quantitative estimate of drug-likeness (QED) is 0.882. The third-order valence-electron chi connectivity index (χ3n) is 2.60. The molecular weight excluding hydrogens is 282 g/mol. The molecule has 1 aromatic heterocycles. The van der Waals surface area contributed by atoms with Crippen molar-refractivity contribution in [3.8, 4) is 0 Å². The number of hydrogen-bond acceptors (Lipinski definition) is 4. The van der Waals surface area contributed by atoms with Crippen LogP contribution < -0.4 is 5.32 Å². The SMILES string of the molecule is COC(=O)c1ccc(Cl)c(NC(=O)c2ccc(C)o2)c1. The van der Waals surface area contributed by atoms with E-state index in [-0.39, 0.29) is 5.76 Å². The van der Waals surface area contributed by atoms with Gasteiger partial charge in [0.1, 0.15) is 5.76 Å². The fraction of sp³-hybridized carbons (Fsp3) is 0.143. The van der Waals surface area contributed by atoms with Crippen LogP contribution >= 0.6 is 11.6 Å². The van der Waals surface area contributed by atoms with Crippen molar-refractivity contribution in [1.82, 2.24) is 0 Å². The van der Waals surface area contributed by atoms with E-state index in [1.165, 1.54) is 25.3 Å². The molecule has 0 radical (unpaired) electrons. The number of hydrogen-bond donors (Lipinski definition) is 1. The largest absolute Gasteiger partial charge is 0.465 e. The molecule has 0 unspecified atom stereocenters. The van der Waals surface area contributed by atoms with Crippen LogP contribution in [0.25, 0.3) is 0 Å². The third kappa shape index (κ3) is 3.00. The summed E-state index contributed by atoms with van der Waals surface area (Å²) in [5, 5.41) is 2.90. The fourth-order valence-electron chi connectivity index (χ4n) is 1.61. The Hall–Kier alpha value is -2.27. The second-order valence-electron chi connectivity index (χ2n) is 4.05. The van der Waals surface area contributed by atoms with Gasteiger partial charge in [-0.2, -0.15) is 0 Å². The van der Waals surface area contributed by atoms with E-state index in [0.29, 0.717) is 22.0 Å². The maximum Gasteiger partial charge on any atom is 0.337 e. The summed E-state index contributed by atoms with van der Waals surface area (Å²) < 4.78 is 9.82. The molecule has 0 atom stereocenters. The van der Waals surface area contributed by atoms with Gasteiger partial charge >= 0.3 is 5.97 Å². The number of aryl methyl sites for hydroxylation is 1. The number of carbonyl (C=O) groups is 2. The summed E-state index contributed by atoms with van der Waals surface area (Å²) in [7, 11) is 1.28. The van der Waals surface area contributed by atoms with Crippen molar-refractivity contribution in [3.63, 3.8) is 0 Å². The molecule has 1 N–H and O–H groups in total. The summed E-state index contributed by atoms with van der Waals surface area (Å²) in [4.78, 5) is 23.4. The van der Waals surface area contributed by atoms with Crippen LogP contribution in [0, 0.1) is 6.92 Å². The lowest BCUT2D eigenvalue weighted by Gasteiger charge is -2.07. The minimum absolute atomic E-state index is 0.169. The molecule has 1 heterocycles. The molecular formula is C14H12ClNO4. The Morgan fingerprint density at radius 3 is 2.60 bits per heavy atom. The maximum atomic E-state index is 12.0. The standard InChI is InChI=1S/C14H12ClNO4/c1-8-3-6-12(20-8)13(17)16-11-7-9(14(18)19-2)4-5-10(11)15/h3-7H,1-2H3,(H,16,17). The first-order valence-electron chi connectivity index (χ1n) is 5.77. The van der Waals surface area contributed by atoms with Gasteiger partial charge in [-0.25, -0.2) is 4.79 Å². The van der Waals surface area contributed by atoms with Crippen LogP contribution in [-0.4, -0.2) is 19.0 Å². The van der Waals surface area contributed by atoms with Crippen LogP contribution in [0.4, 0.5) is 5.69 Å². The minimum atomic E-state index is -0.508. The van der Waals surface area contributed by atoms with E-state index in [0.717, 1.165) is 0 Å². The molecule has 6 heteroatoms. The van der Waals surface area contributed by atoms with Gasteiger partial charge in [0.05, 0.1) is 23.4 Å². The number of furan rings is 1. The number of amides is 1. The van der Waals surface area contributed by atoms with Gasteiger partial charge in [-0.15, -0.1) is 0 Å². The molecule has 0 fully saturated rings. The summed E-state index contributed by atoms with van der Waals surface area (Å²) >= 11 is 5.98. The molecule has 0 spiro atoms. The van der Waals surface area contributed by atoms with Crippen molar-refractivity contribution in [2.75, 3.05) is 12.4 Å². The number of esters is 1. The molecule has 1 amide bonds. The summed E-state index contributed by atoms with van der Waals surface area (Å²) in [6.45, 7) is 1.74. The van der Waals surface area contributed by atoms with Crippen LogP contribution in [0.5, 0.6) is 0 Å². The summed E-state index contributed by atoms with van der Waals surface area (Å²) in [5.41, 5.74) is 0.608. The molecule has 2 rings (SSSR count). The van der Waals surface area contributed by atoms with Gasteiger partial charge in [-0.3, -0.25) is 4.79 Å². The van der Waals surface area contributed by atoms with E-state index >= 15 is 0 Å². The number of rotatable bonds is 3. The number of methoxy groups -OCH3 is 1. The van der Waals surface area contributed by atoms with Gasteiger partial charge in [0.2, 0.25) is 0 Å². The Morgan fingerprint density at radius 2 is 2.00 bits per heavy atom. The molecule has 5 nitrogen and oxygen atoms in total. The zero-order valence-electron chi connectivity index (χ0n) is 10.9. The lowest BCUT2D eigenvalue weighted by molar-refractivity contribution is 0.0600.